The van der Waals surface area contributed by atoms with Crippen LogP contribution < -0.4 is 20.7 Å². The third-order valence-electron chi connectivity index (χ3n) is 6.79. The van der Waals surface area contributed by atoms with Crippen LogP contribution in [0.2, 0.25) is 0 Å². The van der Waals surface area contributed by atoms with Gasteiger partial charge >= 0.3 is 6.03 Å². The molecule has 0 atom stereocenters. The van der Waals surface area contributed by atoms with Crippen molar-refractivity contribution in [1.29, 1.82) is 0 Å². The Bertz CT molecular complexity index is 1130. The van der Waals surface area contributed by atoms with Crippen LogP contribution in [0.15, 0.2) is 48.5 Å². The van der Waals surface area contributed by atoms with E-state index in [2.05, 4.69) is 50.0 Å². The first-order chi connectivity index (χ1) is 16.2. The molecule has 0 saturated carbocycles. The molecule has 2 aliphatic rings. The highest BCUT2D eigenvalue weighted by Crippen LogP contribution is 2.36. The van der Waals surface area contributed by atoms with Crippen LogP contribution >= 0.6 is 0 Å². The number of carbonyl (C=O) groups excluding carboxylic acids is 1. The van der Waals surface area contributed by atoms with Crippen molar-refractivity contribution in [3.63, 3.8) is 0 Å². The molecule has 2 amide bonds. The topological polar surface area (TPSA) is 75.8 Å². The number of amides is 2. The summed E-state index contributed by atoms with van der Waals surface area (Å²) in [6.45, 7) is 7.08. The molecule has 5 rings (SSSR count). The minimum atomic E-state index is -0.525. The van der Waals surface area contributed by atoms with E-state index < -0.39 is 6.03 Å². The van der Waals surface area contributed by atoms with Crippen LogP contribution in [0.5, 0.6) is 5.75 Å². The number of rotatable bonds is 7. The van der Waals surface area contributed by atoms with Crippen molar-refractivity contribution in [3.8, 4) is 5.75 Å². The van der Waals surface area contributed by atoms with E-state index in [9.17, 15) is 4.79 Å². The second-order valence-corrected chi connectivity index (χ2v) is 8.98. The lowest BCUT2D eigenvalue weighted by Gasteiger charge is -2.25. The first-order valence-electron chi connectivity index (χ1n) is 12.1. The van der Waals surface area contributed by atoms with Crippen molar-refractivity contribution >= 4 is 28.4 Å². The van der Waals surface area contributed by atoms with Gasteiger partial charge < -0.3 is 24.8 Å². The molecule has 1 saturated heterocycles. The van der Waals surface area contributed by atoms with Gasteiger partial charge in [0.15, 0.2) is 0 Å². The SMILES string of the molecule is NC(=O)Nc1cc2ccccc2n1CCCCN1CCCN(c2cccc3c2OCC3)CC1. The summed E-state index contributed by atoms with van der Waals surface area (Å²) in [5.74, 6) is 1.87. The maximum Gasteiger partial charge on any atom is 0.317 e. The molecule has 7 heteroatoms. The fraction of sp³-hybridized carbons (Fsp3) is 0.423. The molecular weight excluding hydrogens is 414 g/mol. The smallest absolute Gasteiger partial charge is 0.317 e. The van der Waals surface area contributed by atoms with E-state index in [-0.39, 0.29) is 0 Å². The van der Waals surface area contributed by atoms with E-state index in [0.29, 0.717) is 0 Å². The van der Waals surface area contributed by atoms with Gasteiger partial charge in [0.05, 0.1) is 12.3 Å². The summed E-state index contributed by atoms with van der Waals surface area (Å²) in [5, 5.41) is 3.89. The Morgan fingerprint density at radius 3 is 2.79 bits per heavy atom. The zero-order valence-corrected chi connectivity index (χ0v) is 19.1. The molecule has 0 aliphatic carbocycles. The van der Waals surface area contributed by atoms with E-state index in [1.165, 1.54) is 17.7 Å². The number of urea groups is 1. The average Bonchev–Trinajstić information content (AvgIpc) is 3.34. The number of aryl methyl sites for hydroxylation is 1. The molecule has 0 radical (unpaired) electrons. The number of primary amides is 1. The van der Waals surface area contributed by atoms with E-state index in [1.807, 2.05) is 18.2 Å². The van der Waals surface area contributed by atoms with Gasteiger partial charge in [0.25, 0.3) is 0 Å². The Morgan fingerprint density at radius 1 is 1.00 bits per heavy atom. The quantitative estimate of drug-likeness (QED) is 0.536. The number of nitrogens with one attached hydrogen (secondary N) is 1. The molecule has 0 unspecified atom stereocenters. The van der Waals surface area contributed by atoms with Gasteiger partial charge in [-0.05, 0) is 56.1 Å². The lowest BCUT2D eigenvalue weighted by molar-refractivity contribution is 0.259. The highest BCUT2D eigenvalue weighted by molar-refractivity contribution is 5.92. The Hall–Kier alpha value is -3.19. The zero-order valence-electron chi connectivity index (χ0n) is 19.1. The van der Waals surface area contributed by atoms with Crippen LogP contribution in [0.25, 0.3) is 10.9 Å². The third kappa shape index (κ3) is 4.78. The van der Waals surface area contributed by atoms with Crippen LogP contribution in [0.3, 0.4) is 0 Å². The van der Waals surface area contributed by atoms with Gasteiger partial charge in [0.2, 0.25) is 0 Å². The fourth-order valence-electron chi connectivity index (χ4n) is 5.17. The number of para-hydroxylation sites is 2. The minimum absolute atomic E-state index is 0.525. The molecule has 7 nitrogen and oxygen atoms in total. The molecule has 1 aromatic heterocycles. The monoisotopic (exact) mass is 447 g/mol. The number of nitrogens with two attached hydrogens (primary N) is 1. The average molecular weight is 448 g/mol. The van der Waals surface area contributed by atoms with E-state index in [4.69, 9.17) is 10.5 Å². The Balaban J connectivity index is 1.15. The van der Waals surface area contributed by atoms with Crippen LogP contribution in [0.4, 0.5) is 16.3 Å². The predicted molar refractivity (Wildman–Crippen MR) is 133 cm³/mol. The molecule has 3 aromatic rings. The molecule has 33 heavy (non-hydrogen) atoms. The Morgan fingerprint density at radius 2 is 1.88 bits per heavy atom. The summed E-state index contributed by atoms with van der Waals surface area (Å²) in [7, 11) is 0. The minimum Gasteiger partial charge on any atom is -0.491 e. The number of hydrogen-bond donors (Lipinski definition) is 2. The van der Waals surface area contributed by atoms with Crippen molar-refractivity contribution in [1.82, 2.24) is 9.47 Å². The van der Waals surface area contributed by atoms with E-state index in [1.54, 1.807) is 0 Å². The number of hydrogen-bond acceptors (Lipinski definition) is 4. The first kappa shape index (κ1) is 21.6. The Labute approximate surface area is 195 Å². The number of carbonyl (C=O) groups is 1. The second-order valence-electron chi connectivity index (χ2n) is 8.98. The molecule has 2 aromatic carbocycles. The van der Waals surface area contributed by atoms with Gasteiger partial charge in [-0.25, -0.2) is 4.79 Å². The first-order valence-corrected chi connectivity index (χ1v) is 12.1. The maximum absolute atomic E-state index is 11.4. The van der Waals surface area contributed by atoms with E-state index >= 15 is 0 Å². The standard InChI is InChI=1S/C26H33N5O2/c27-26(32)28-24-19-21-7-1-2-9-22(21)31(24)15-4-3-12-29-13-6-14-30(17-16-29)23-10-5-8-20-11-18-33-25(20)23/h1-2,5,7-10,19H,3-4,6,11-18H2,(H3,27,28,32). The Kier molecular flexibility index (Phi) is 6.39. The van der Waals surface area contributed by atoms with Gasteiger partial charge in [-0.1, -0.05) is 30.3 Å². The molecular formula is C26H33N5O2. The number of unbranched alkanes of at least 4 members (excludes halogenated alkanes) is 1. The molecule has 174 valence electrons. The highest BCUT2D eigenvalue weighted by atomic mass is 16.5. The largest absolute Gasteiger partial charge is 0.491 e. The van der Waals surface area contributed by atoms with Crippen LogP contribution in [-0.2, 0) is 13.0 Å². The summed E-state index contributed by atoms with van der Waals surface area (Å²) < 4.78 is 8.10. The lowest BCUT2D eigenvalue weighted by atomic mass is 10.1. The number of anilines is 2. The van der Waals surface area contributed by atoms with Crippen molar-refractivity contribution in [2.24, 2.45) is 5.73 Å². The molecule has 3 heterocycles. The molecule has 3 N–H and O–H groups in total. The van der Waals surface area contributed by atoms with Gasteiger partial charge in [-0.3, -0.25) is 5.32 Å². The number of benzene rings is 2. The molecule has 0 bridgehead atoms. The van der Waals surface area contributed by atoms with Crippen LogP contribution in [0.1, 0.15) is 24.8 Å². The van der Waals surface area contributed by atoms with Crippen molar-refractivity contribution in [3.05, 3.63) is 54.1 Å². The summed E-state index contributed by atoms with van der Waals surface area (Å²) >= 11 is 0. The highest BCUT2D eigenvalue weighted by Gasteiger charge is 2.22. The van der Waals surface area contributed by atoms with Crippen LogP contribution in [0, 0.1) is 0 Å². The molecule has 0 spiro atoms. The number of nitrogens with zero attached hydrogens (tertiary/aromatic N) is 3. The summed E-state index contributed by atoms with van der Waals surface area (Å²) in [4.78, 5) is 16.5. The lowest BCUT2D eigenvalue weighted by Crippen LogP contribution is -2.31. The van der Waals surface area contributed by atoms with Crippen molar-refractivity contribution < 1.29 is 9.53 Å². The second kappa shape index (κ2) is 9.75. The van der Waals surface area contributed by atoms with Gasteiger partial charge in [-0.15, -0.1) is 0 Å². The van der Waals surface area contributed by atoms with Crippen molar-refractivity contribution in [2.75, 3.05) is 49.5 Å². The van der Waals surface area contributed by atoms with Crippen LogP contribution in [-0.4, -0.2) is 54.8 Å². The van der Waals surface area contributed by atoms with Crippen molar-refractivity contribution in [2.45, 2.75) is 32.2 Å². The number of aromatic nitrogens is 1. The van der Waals surface area contributed by atoms with Gasteiger partial charge in [0, 0.05) is 43.5 Å². The van der Waals surface area contributed by atoms with E-state index in [0.717, 1.165) is 87.6 Å². The summed E-state index contributed by atoms with van der Waals surface area (Å²) in [5.41, 5.74) is 9.12. The number of fused-ring (bicyclic) bond motifs is 2. The third-order valence-corrected chi connectivity index (χ3v) is 6.79. The van der Waals surface area contributed by atoms with Gasteiger partial charge in [-0.2, -0.15) is 0 Å². The van der Waals surface area contributed by atoms with Gasteiger partial charge in [0.1, 0.15) is 11.6 Å². The fourth-order valence-corrected chi connectivity index (χ4v) is 5.17. The maximum atomic E-state index is 11.4. The zero-order chi connectivity index (χ0) is 22.6. The predicted octanol–water partition coefficient (Wildman–Crippen LogP) is 4.06. The summed E-state index contributed by atoms with van der Waals surface area (Å²) in [6, 6.07) is 16.2. The molecule has 1 fully saturated rings. The molecule has 2 aliphatic heterocycles. The number of ether oxygens (including phenoxy) is 1. The summed E-state index contributed by atoms with van der Waals surface area (Å²) in [6.07, 6.45) is 4.35. The normalized spacial score (nSPS) is 16.4.